The van der Waals surface area contributed by atoms with Crippen molar-refractivity contribution in [3.8, 4) is 22.6 Å². The predicted octanol–water partition coefficient (Wildman–Crippen LogP) is 4.07. The van der Waals surface area contributed by atoms with Crippen LogP contribution in [0, 0.1) is 5.92 Å². The highest BCUT2D eigenvalue weighted by atomic mass is 16.5. The smallest absolute Gasteiger partial charge is 0.245 e. The second kappa shape index (κ2) is 7.23. The number of hydrogen-bond acceptors (Lipinski definition) is 5. The number of nitrogens with zero attached hydrogens (tertiary/aromatic N) is 3. The van der Waals surface area contributed by atoms with Crippen LogP contribution < -0.4 is 4.74 Å². The van der Waals surface area contributed by atoms with Crippen LogP contribution in [0.5, 0.6) is 11.5 Å². The molecule has 138 valence electrons. The van der Waals surface area contributed by atoms with Crippen molar-refractivity contribution in [2.75, 3.05) is 19.7 Å². The normalized spacial score (nSPS) is 17.8. The molecule has 1 amide bonds. The number of likely N-dealkylation sites (tertiary alicyclic amines) is 1. The summed E-state index contributed by atoms with van der Waals surface area (Å²) in [6.45, 7) is 6.05. The van der Waals surface area contributed by atoms with E-state index in [0.717, 1.165) is 35.3 Å². The van der Waals surface area contributed by atoms with Crippen LogP contribution in [-0.4, -0.2) is 35.6 Å². The van der Waals surface area contributed by atoms with Crippen LogP contribution in [0.25, 0.3) is 11.1 Å². The van der Waals surface area contributed by atoms with Gasteiger partial charge in [-0.1, -0.05) is 18.7 Å². The van der Waals surface area contributed by atoms with Gasteiger partial charge in [-0.05, 0) is 47.9 Å². The third-order valence-electron chi connectivity index (χ3n) is 5.01. The van der Waals surface area contributed by atoms with Gasteiger partial charge in [0, 0.05) is 24.6 Å². The topological polar surface area (TPSA) is 74.5 Å². The van der Waals surface area contributed by atoms with Gasteiger partial charge in [0.15, 0.2) is 0 Å². The molecular formula is C21H21N3O3. The highest BCUT2D eigenvalue weighted by molar-refractivity contribution is 5.87. The van der Waals surface area contributed by atoms with Crippen molar-refractivity contribution in [1.29, 1.82) is 0 Å². The molecule has 6 nitrogen and oxygen atoms in total. The Morgan fingerprint density at radius 3 is 2.89 bits per heavy atom. The van der Waals surface area contributed by atoms with Gasteiger partial charge < -0.3 is 14.7 Å². The molecule has 27 heavy (non-hydrogen) atoms. The highest BCUT2D eigenvalue weighted by Gasteiger charge is 2.26. The molecule has 2 aromatic carbocycles. The summed E-state index contributed by atoms with van der Waals surface area (Å²) >= 11 is 0. The first-order valence-electron chi connectivity index (χ1n) is 9.02. The number of phenols is 1. The monoisotopic (exact) mass is 363 g/mol. The SMILES string of the molecule is C=CC(=O)N1CC[C@H](COc2cc(-c3ccc(O)cc3)cc3c2N=NC3)C1. The fourth-order valence-corrected chi connectivity index (χ4v) is 3.52. The molecule has 0 aromatic heterocycles. The predicted molar refractivity (Wildman–Crippen MR) is 102 cm³/mol. The van der Waals surface area contributed by atoms with Gasteiger partial charge in [0.25, 0.3) is 0 Å². The van der Waals surface area contributed by atoms with E-state index >= 15 is 0 Å². The Morgan fingerprint density at radius 2 is 2.11 bits per heavy atom. The van der Waals surface area contributed by atoms with Crippen molar-refractivity contribution in [3.05, 3.63) is 54.6 Å². The van der Waals surface area contributed by atoms with Gasteiger partial charge in [-0.25, -0.2) is 0 Å². The molecule has 2 aromatic rings. The maximum atomic E-state index is 11.7. The molecule has 0 saturated carbocycles. The molecule has 4 rings (SSSR count). The van der Waals surface area contributed by atoms with Crippen molar-refractivity contribution in [3.63, 3.8) is 0 Å². The zero-order valence-corrected chi connectivity index (χ0v) is 15.0. The maximum absolute atomic E-state index is 11.7. The summed E-state index contributed by atoms with van der Waals surface area (Å²) in [5, 5.41) is 17.9. The van der Waals surface area contributed by atoms with E-state index in [2.05, 4.69) is 22.9 Å². The Balaban J connectivity index is 1.52. The van der Waals surface area contributed by atoms with Gasteiger partial charge in [-0.3, -0.25) is 4.79 Å². The van der Waals surface area contributed by atoms with Crippen molar-refractivity contribution >= 4 is 11.6 Å². The van der Waals surface area contributed by atoms with Crippen LogP contribution in [-0.2, 0) is 11.3 Å². The summed E-state index contributed by atoms with van der Waals surface area (Å²) in [6.07, 6.45) is 2.28. The lowest BCUT2D eigenvalue weighted by atomic mass is 10.0. The number of benzene rings is 2. The minimum Gasteiger partial charge on any atom is -0.508 e. The number of fused-ring (bicyclic) bond motifs is 1. The van der Waals surface area contributed by atoms with E-state index < -0.39 is 0 Å². The first kappa shape index (κ1) is 17.3. The lowest BCUT2D eigenvalue weighted by Crippen LogP contribution is -2.27. The number of carbonyl (C=O) groups excluding carboxylic acids is 1. The average Bonchev–Trinajstić information content (AvgIpc) is 3.35. The van der Waals surface area contributed by atoms with Crippen LogP contribution >= 0.6 is 0 Å². The Labute approximate surface area is 157 Å². The Kier molecular flexibility index (Phi) is 4.62. The molecule has 6 heteroatoms. The van der Waals surface area contributed by atoms with Crippen molar-refractivity contribution < 1.29 is 14.6 Å². The lowest BCUT2D eigenvalue weighted by Gasteiger charge is -2.16. The Hall–Kier alpha value is -3.15. The molecule has 2 heterocycles. The molecular weight excluding hydrogens is 342 g/mol. The summed E-state index contributed by atoms with van der Waals surface area (Å²) in [6, 6.07) is 11.1. The third-order valence-corrected chi connectivity index (χ3v) is 5.01. The molecule has 0 aliphatic carbocycles. The van der Waals surface area contributed by atoms with Gasteiger partial charge in [0.05, 0.1) is 13.2 Å². The van der Waals surface area contributed by atoms with E-state index in [1.165, 1.54) is 6.08 Å². The van der Waals surface area contributed by atoms with E-state index in [1.54, 1.807) is 17.0 Å². The molecule has 0 radical (unpaired) electrons. The van der Waals surface area contributed by atoms with E-state index in [9.17, 15) is 9.90 Å². The minimum absolute atomic E-state index is 0.0264. The second-order valence-corrected chi connectivity index (χ2v) is 6.88. The Morgan fingerprint density at radius 1 is 1.30 bits per heavy atom. The number of azo groups is 1. The molecule has 0 bridgehead atoms. The zero-order chi connectivity index (χ0) is 18.8. The molecule has 0 unspecified atom stereocenters. The quantitative estimate of drug-likeness (QED) is 0.814. The van der Waals surface area contributed by atoms with Crippen LogP contribution in [0.4, 0.5) is 5.69 Å². The van der Waals surface area contributed by atoms with Crippen molar-refractivity contribution in [1.82, 2.24) is 4.90 Å². The van der Waals surface area contributed by atoms with E-state index in [-0.39, 0.29) is 11.7 Å². The standard InChI is InChI=1S/C21H21N3O3/c1-2-20(26)24-8-7-14(12-24)13-27-19-10-16(9-17-11-22-23-21(17)19)15-3-5-18(25)6-4-15/h2-6,9-10,14,25H,1,7-8,11-13H2/t14-/m0/s1. The molecule has 2 aliphatic heterocycles. The van der Waals surface area contributed by atoms with E-state index in [4.69, 9.17) is 4.74 Å². The van der Waals surface area contributed by atoms with Crippen LogP contribution in [0.1, 0.15) is 12.0 Å². The molecule has 1 N–H and O–H groups in total. The number of rotatable bonds is 5. The number of phenolic OH excluding ortho intramolecular Hbond substituents is 1. The van der Waals surface area contributed by atoms with Gasteiger partial charge in [0.1, 0.15) is 17.2 Å². The molecule has 2 aliphatic rings. The van der Waals surface area contributed by atoms with Crippen LogP contribution in [0.3, 0.4) is 0 Å². The van der Waals surface area contributed by atoms with E-state index in [1.807, 2.05) is 18.2 Å². The second-order valence-electron chi connectivity index (χ2n) is 6.88. The fourth-order valence-electron chi connectivity index (χ4n) is 3.52. The van der Waals surface area contributed by atoms with Crippen molar-refractivity contribution in [2.24, 2.45) is 16.1 Å². The number of amides is 1. The highest BCUT2D eigenvalue weighted by Crippen LogP contribution is 2.41. The summed E-state index contributed by atoms with van der Waals surface area (Å²) in [5.74, 6) is 1.22. The van der Waals surface area contributed by atoms with Gasteiger partial charge in [-0.2, -0.15) is 10.2 Å². The lowest BCUT2D eigenvalue weighted by molar-refractivity contribution is -0.125. The number of carbonyl (C=O) groups is 1. The zero-order valence-electron chi connectivity index (χ0n) is 15.0. The Bertz CT molecular complexity index is 906. The van der Waals surface area contributed by atoms with Gasteiger partial charge >= 0.3 is 0 Å². The van der Waals surface area contributed by atoms with E-state index in [0.29, 0.717) is 31.4 Å². The fraction of sp³-hybridized carbons (Fsp3) is 0.286. The van der Waals surface area contributed by atoms with Crippen molar-refractivity contribution in [2.45, 2.75) is 13.0 Å². The first-order valence-corrected chi connectivity index (χ1v) is 9.02. The third kappa shape index (κ3) is 3.56. The summed E-state index contributed by atoms with van der Waals surface area (Å²) in [5.41, 5.74) is 3.82. The van der Waals surface area contributed by atoms with Crippen LogP contribution in [0.15, 0.2) is 59.3 Å². The van der Waals surface area contributed by atoms with Crippen LogP contribution in [0.2, 0.25) is 0 Å². The summed E-state index contributed by atoms with van der Waals surface area (Å²) in [7, 11) is 0. The maximum Gasteiger partial charge on any atom is 0.245 e. The van der Waals surface area contributed by atoms with Gasteiger partial charge in [0.2, 0.25) is 5.91 Å². The average molecular weight is 363 g/mol. The first-order chi connectivity index (χ1) is 13.1. The molecule has 1 atom stereocenters. The van der Waals surface area contributed by atoms with Gasteiger partial charge in [-0.15, -0.1) is 0 Å². The number of ether oxygens (including phenoxy) is 1. The summed E-state index contributed by atoms with van der Waals surface area (Å²) in [4.78, 5) is 13.5. The molecule has 0 spiro atoms. The minimum atomic E-state index is -0.0264. The molecule has 1 saturated heterocycles. The number of hydrogen-bond donors (Lipinski definition) is 1. The molecule has 1 fully saturated rings. The largest absolute Gasteiger partial charge is 0.508 e. The summed E-state index contributed by atoms with van der Waals surface area (Å²) < 4.78 is 6.11. The number of aromatic hydroxyl groups is 1.